The molecule has 0 fully saturated rings. The van der Waals surface area contributed by atoms with Crippen LogP contribution in [0.5, 0.6) is 0 Å². The first-order valence-electron chi connectivity index (χ1n) is 3.62. The maximum atomic E-state index is 10.7. The van der Waals surface area contributed by atoms with Gasteiger partial charge < -0.3 is 11.5 Å². The van der Waals surface area contributed by atoms with E-state index in [0.29, 0.717) is 5.16 Å². The van der Waals surface area contributed by atoms with E-state index >= 15 is 0 Å². The minimum Gasteiger partial charge on any atom is -0.368 e. The highest BCUT2D eigenvalue weighted by Crippen LogP contribution is 2.16. The van der Waals surface area contributed by atoms with E-state index in [4.69, 9.17) is 16.7 Å². The average molecular weight is 212 g/mol. The van der Waals surface area contributed by atoms with E-state index in [0.717, 1.165) is 11.8 Å². The SMILES string of the molecule is N#CCSc1nnc(N)n1CC(N)=O. The number of nitrogens with two attached hydrogens (primary N) is 2. The number of hydrogen-bond acceptors (Lipinski definition) is 6. The average Bonchev–Trinajstić information content (AvgIpc) is 2.45. The predicted octanol–water partition coefficient (Wildman–Crippen LogP) is -1.04. The zero-order chi connectivity index (χ0) is 10.6. The normalized spacial score (nSPS) is 9.64. The van der Waals surface area contributed by atoms with Crippen molar-refractivity contribution in [1.29, 1.82) is 5.26 Å². The zero-order valence-electron chi connectivity index (χ0n) is 7.17. The molecule has 0 saturated carbocycles. The number of carbonyl (C=O) groups is 1. The first-order chi connectivity index (χ1) is 6.65. The Morgan fingerprint density at radius 3 is 2.93 bits per heavy atom. The van der Waals surface area contributed by atoms with Crippen LogP contribution in [0.4, 0.5) is 5.95 Å². The van der Waals surface area contributed by atoms with Gasteiger partial charge in [-0.2, -0.15) is 5.26 Å². The van der Waals surface area contributed by atoms with Gasteiger partial charge in [-0.05, 0) is 0 Å². The number of amides is 1. The Balaban J connectivity index is 2.83. The van der Waals surface area contributed by atoms with Crippen molar-refractivity contribution in [2.45, 2.75) is 11.7 Å². The molecule has 0 aliphatic heterocycles. The number of nitrogen functional groups attached to an aromatic ring is 1. The maximum Gasteiger partial charge on any atom is 0.237 e. The molecule has 1 heterocycles. The van der Waals surface area contributed by atoms with Crippen molar-refractivity contribution in [3.8, 4) is 6.07 Å². The Labute approximate surface area is 84.1 Å². The van der Waals surface area contributed by atoms with E-state index in [9.17, 15) is 4.79 Å². The summed E-state index contributed by atoms with van der Waals surface area (Å²) in [5.41, 5.74) is 10.5. The first kappa shape index (κ1) is 10.3. The van der Waals surface area contributed by atoms with Crippen molar-refractivity contribution in [2.24, 2.45) is 5.73 Å². The van der Waals surface area contributed by atoms with Crippen LogP contribution in [0.3, 0.4) is 0 Å². The summed E-state index contributed by atoms with van der Waals surface area (Å²) < 4.78 is 1.37. The van der Waals surface area contributed by atoms with Crippen LogP contribution >= 0.6 is 11.8 Å². The monoisotopic (exact) mass is 212 g/mol. The van der Waals surface area contributed by atoms with Gasteiger partial charge in [-0.3, -0.25) is 9.36 Å². The lowest BCUT2D eigenvalue weighted by Crippen LogP contribution is -2.20. The maximum absolute atomic E-state index is 10.7. The molecule has 0 radical (unpaired) electrons. The molecule has 4 N–H and O–H groups in total. The van der Waals surface area contributed by atoms with Gasteiger partial charge in [0.05, 0.1) is 11.8 Å². The summed E-state index contributed by atoms with van der Waals surface area (Å²) >= 11 is 1.15. The van der Waals surface area contributed by atoms with Crippen molar-refractivity contribution in [3.63, 3.8) is 0 Å². The molecule has 14 heavy (non-hydrogen) atoms. The van der Waals surface area contributed by atoms with E-state index in [-0.39, 0.29) is 18.2 Å². The number of aromatic nitrogens is 3. The highest BCUT2D eigenvalue weighted by Gasteiger charge is 2.11. The molecular weight excluding hydrogens is 204 g/mol. The Morgan fingerprint density at radius 1 is 1.64 bits per heavy atom. The number of anilines is 1. The van der Waals surface area contributed by atoms with Gasteiger partial charge in [0, 0.05) is 0 Å². The molecule has 0 aliphatic carbocycles. The summed E-state index contributed by atoms with van der Waals surface area (Å²) in [6, 6.07) is 1.93. The van der Waals surface area contributed by atoms with E-state index in [1.807, 2.05) is 6.07 Å². The van der Waals surface area contributed by atoms with E-state index in [2.05, 4.69) is 10.2 Å². The third kappa shape index (κ3) is 2.37. The Kier molecular flexibility index (Phi) is 3.30. The lowest BCUT2D eigenvalue weighted by atomic mass is 10.6. The molecule has 0 spiro atoms. The van der Waals surface area contributed by atoms with E-state index in [1.54, 1.807) is 0 Å². The molecule has 0 saturated heterocycles. The van der Waals surface area contributed by atoms with Crippen LogP contribution in [0, 0.1) is 11.3 Å². The van der Waals surface area contributed by atoms with Crippen molar-refractivity contribution in [3.05, 3.63) is 0 Å². The second-order valence-electron chi connectivity index (χ2n) is 2.34. The summed E-state index contributed by atoms with van der Waals surface area (Å²) in [6.45, 7) is -0.0768. The number of hydrogen-bond donors (Lipinski definition) is 2. The molecular formula is C6H8N6OS. The summed E-state index contributed by atoms with van der Waals surface area (Å²) in [5, 5.41) is 16.0. The standard InChI is InChI=1S/C6H8N6OS/c7-1-2-14-6-11-10-5(9)12(6)3-4(8)13/h2-3H2,(H2,8,13)(H2,9,10). The van der Waals surface area contributed by atoms with Crippen LogP contribution in [0.1, 0.15) is 0 Å². The Hall–Kier alpha value is -1.75. The fourth-order valence-corrected chi connectivity index (χ4v) is 1.41. The molecule has 0 aliphatic rings. The fourth-order valence-electron chi connectivity index (χ4n) is 0.808. The quantitative estimate of drug-likeness (QED) is 0.614. The second kappa shape index (κ2) is 4.48. The minimum absolute atomic E-state index is 0.0768. The molecule has 1 aromatic rings. The molecule has 74 valence electrons. The number of rotatable bonds is 4. The van der Waals surface area contributed by atoms with Gasteiger partial charge in [0.1, 0.15) is 6.54 Å². The minimum atomic E-state index is -0.532. The number of thioether (sulfide) groups is 1. The summed E-state index contributed by atoms with van der Waals surface area (Å²) in [4.78, 5) is 10.7. The third-order valence-electron chi connectivity index (χ3n) is 1.33. The third-order valence-corrected chi connectivity index (χ3v) is 2.16. The summed E-state index contributed by atoms with van der Waals surface area (Å²) in [5.74, 6) is -0.198. The van der Waals surface area contributed by atoms with Gasteiger partial charge in [0.25, 0.3) is 0 Å². The van der Waals surface area contributed by atoms with Crippen LogP contribution < -0.4 is 11.5 Å². The molecule has 0 bridgehead atoms. The molecule has 1 aromatic heterocycles. The molecule has 0 atom stereocenters. The van der Waals surface area contributed by atoms with Gasteiger partial charge in [-0.15, -0.1) is 10.2 Å². The van der Waals surface area contributed by atoms with Crippen molar-refractivity contribution < 1.29 is 4.79 Å². The van der Waals surface area contributed by atoms with Gasteiger partial charge in [0.15, 0.2) is 5.16 Å². The lowest BCUT2D eigenvalue weighted by molar-refractivity contribution is -0.118. The molecule has 1 amide bonds. The smallest absolute Gasteiger partial charge is 0.237 e. The van der Waals surface area contributed by atoms with Gasteiger partial charge in [-0.1, -0.05) is 11.8 Å². The van der Waals surface area contributed by atoms with Crippen LogP contribution in [-0.2, 0) is 11.3 Å². The van der Waals surface area contributed by atoms with Gasteiger partial charge in [-0.25, -0.2) is 0 Å². The molecule has 8 heteroatoms. The van der Waals surface area contributed by atoms with Crippen LogP contribution in [0.2, 0.25) is 0 Å². The molecule has 7 nitrogen and oxygen atoms in total. The fraction of sp³-hybridized carbons (Fsp3) is 0.333. The number of carbonyl (C=O) groups excluding carboxylic acids is 1. The summed E-state index contributed by atoms with van der Waals surface area (Å²) in [7, 11) is 0. The number of nitriles is 1. The lowest BCUT2D eigenvalue weighted by Gasteiger charge is -2.02. The molecule has 0 unspecified atom stereocenters. The van der Waals surface area contributed by atoms with E-state index < -0.39 is 5.91 Å². The Bertz CT molecular complexity index is 380. The van der Waals surface area contributed by atoms with Crippen LogP contribution in [-0.4, -0.2) is 26.4 Å². The van der Waals surface area contributed by atoms with E-state index in [1.165, 1.54) is 4.57 Å². The first-order valence-corrected chi connectivity index (χ1v) is 4.60. The van der Waals surface area contributed by atoms with Crippen LogP contribution in [0.15, 0.2) is 5.16 Å². The molecule has 0 aromatic carbocycles. The Morgan fingerprint density at radius 2 is 2.36 bits per heavy atom. The highest BCUT2D eigenvalue weighted by molar-refractivity contribution is 7.99. The largest absolute Gasteiger partial charge is 0.368 e. The molecule has 1 rings (SSSR count). The predicted molar refractivity (Wildman–Crippen MR) is 50.0 cm³/mol. The highest BCUT2D eigenvalue weighted by atomic mass is 32.2. The summed E-state index contributed by atoms with van der Waals surface area (Å²) in [6.07, 6.45) is 0. The van der Waals surface area contributed by atoms with Gasteiger partial charge in [0.2, 0.25) is 11.9 Å². The number of primary amides is 1. The number of nitrogens with zero attached hydrogens (tertiary/aromatic N) is 4. The van der Waals surface area contributed by atoms with Crippen LogP contribution in [0.25, 0.3) is 0 Å². The second-order valence-corrected chi connectivity index (χ2v) is 3.28. The van der Waals surface area contributed by atoms with Gasteiger partial charge >= 0.3 is 0 Å². The topological polar surface area (TPSA) is 124 Å². The van der Waals surface area contributed by atoms with Crippen molar-refractivity contribution in [1.82, 2.24) is 14.8 Å². The van der Waals surface area contributed by atoms with Crippen molar-refractivity contribution in [2.75, 3.05) is 11.5 Å². The zero-order valence-corrected chi connectivity index (χ0v) is 7.99. The van der Waals surface area contributed by atoms with Crippen molar-refractivity contribution >= 4 is 23.6 Å².